The Labute approximate surface area is 224 Å². The summed E-state index contributed by atoms with van der Waals surface area (Å²) in [6, 6.07) is 34.9. The summed E-state index contributed by atoms with van der Waals surface area (Å²) < 4.78 is 11.8. The molecule has 1 N–H and O–H groups in total. The van der Waals surface area contributed by atoms with Crippen molar-refractivity contribution < 1.29 is 19.4 Å². The summed E-state index contributed by atoms with van der Waals surface area (Å²) in [5.41, 5.74) is 5.57. The molecule has 0 aliphatic carbocycles. The van der Waals surface area contributed by atoms with Crippen molar-refractivity contribution in [1.29, 1.82) is 0 Å². The summed E-state index contributed by atoms with van der Waals surface area (Å²) in [6.45, 7) is 1.80. The van der Waals surface area contributed by atoms with Crippen molar-refractivity contribution in [1.82, 2.24) is 4.90 Å². The molecule has 5 nitrogen and oxygen atoms in total. The highest BCUT2D eigenvalue weighted by molar-refractivity contribution is 5.70. The topological polar surface area (TPSA) is 59.0 Å². The minimum absolute atomic E-state index is 0.0981. The molecule has 5 heteroatoms. The fourth-order valence-corrected chi connectivity index (χ4v) is 5.25. The zero-order valence-corrected chi connectivity index (χ0v) is 21.6. The maximum absolute atomic E-state index is 11.9. The fraction of sp³-hybridized carbons (Fsp3) is 0.242. The van der Waals surface area contributed by atoms with Gasteiger partial charge in [-0.3, -0.25) is 9.69 Å². The number of carboxylic acids is 1. The standard InChI is InChI=1S/C33H33NO4/c1-37-31-21-28(18-19-30(31)38-23-24-9-4-2-5-10-24)32(34-20-8-13-29(22-34)33(35)36)27-16-14-26(15-17-27)25-11-6-3-7-12-25/h2-7,9-12,14-19,21,29,32H,8,13,20,22-23H2,1H3,(H,35,36). The molecule has 0 saturated carbocycles. The van der Waals surface area contributed by atoms with Crippen LogP contribution in [0.1, 0.15) is 35.6 Å². The number of hydrogen-bond donors (Lipinski definition) is 1. The monoisotopic (exact) mass is 507 g/mol. The lowest BCUT2D eigenvalue weighted by atomic mass is 9.90. The van der Waals surface area contributed by atoms with E-state index < -0.39 is 5.97 Å². The maximum Gasteiger partial charge on any atom is 0.307 e. The Morgan fingerprint density at radius 1 is 0.868 bits per heavy atom. The second-order valence-electron chi connectivity index (χ2n) is 9.75. The van der Waals surface area contributed by atoms with Crippen molar-refractivity contribution in [2.24, 2.45) is 5.92 Å². The highest BCUT2D eigenvalue weighted by atomic mass is 16.5. The highest BCUT2D eigenvalue weighted by Crippen LogP contribution is 2.38. The first kappa shape index (κ1) is 25.6. The normalized spacial score (nSPS) is 16.5. The molecule has 4 aromatic rings. The van der Waals surface area contributed by atoms with Gasteiger partial charge in [0.05, 0.1) is 19.1 Å². The average Bonchev–Trinajstić information content (AvgIpc) is 2.98. The number of aliphatic carboxylic acids is 1. The van der Waals surface area contributed by atoms with E-state index in [-0.39, 0.29) is 12.0 Å². The largest absolute Gasteiger partial charge is 0.493 e. The number of methoxy groups -OCH3 is 1. The SMILES string of the molecule is COc1cc(C(c2ccc(-c3ccccc3)cc2)N2CCCC(C(=O)O)C2)ccc1OCc1ccccc1. The van der Waals surface area contributed by atoms with E-state index in [4.69, 9.17) is 9.47 Å². The van der Waals surface area contributed by atoms with Crippen LogP contribution in [0.15, 0.2) is 103 Å². The van der Waals surface area contributed by atoms with E-state index in [2.05, 4.69) is 47.4 Å². The Balaban J connectivity index is 1.47. The van der Waals surface area contributed by atoms with Crippen LogP contribution >= 0.6 is 0 Å². The molecule has 2 atom stereocenters. The minimum atomic E-state index is -0.727. The number of piperidine rings is 1. The number of carboxylic acid groups (broad SMARTS) is 1. The lowest BCUT2D eigenvalue weighted by Crippen LogP contribution is -2.41. The third-order valence-corrected chi connectivity index (χ3v) is 7.24. The van der Waals surface area contributed by atoms with E-state index in [0.29, 0.717) is 31.1 Å². The zero-order valence-electron chi connectivity index (χ0n) is 21.6. The second-order valence-corrected chi connectivity index (χ2v) is 9.75. The van der Waals surface area contributed by atoms with E-state index in [1.165, 1.54) is 5.56 Å². The number of benzene rings is 4. The van der Waals surface area contributed by atoms with Crippen LogP contribution in [-0.4, -0.2) is 36.2 Å². The number of ether oxygens (including phenoxy) is 2. The first-order valence-electron chi connectivity index (χ1n) is 13.1. The lowest BCUT2D eigenvalue weighted by Gasteiger charge is -2.38. The summed E-state index contributed by atoms with van der Waals surface area (Å²) >= 11 is 0. The molecule has 1 fully saturated rings. The summed E-state index contributed by atoms with van der Waals surface area (Å²) in [5, 5.41) is 9.75. The van der Waals surface area contributed by atoms with Crippen molar-refractivity contribution >= 4 is 5.97 Å². The maximum atomic E-state index is 11.9. The van der Waals surface area contributed by atoms with Gasteiger partial charge in [0.25, 0.3) is 0 Å². The predicted molar refractivity (Wildman–Crippen MR) is 149 cm³/mol. The van der Waals surface area contributed by atoms with Gasteiger partial charge in [0, 0.05) is 6.54 Å². The van der Waals surface area contributed by atoms with Crippen LogP contribution in [0.2, 0.25) is 0 Å². The molecule has 1 heterocycles. The second kappa shape index (κ2) is 12.0. The molecule has 1 saturated heterocycles. The molecule has 0 radical (unpaired) electrons. The molecule has 1 aliphatic heterocycles. The van der Waals surface area contributed by atoms with Crippen molar-refractivity contribution in [3.8, 4) is 22.6 Å². The Morgan fingerprint density at radius 2 is 1.53 bits per heavy atom. The predicted octanol–water partition coefficient (Wildman–Crippen LogP) is 6.83. The van der Waals surface area contributed by atoms with Crippen molar-refractivity contribution in [3.63, 3.8) is 0 Å². The van der Waals surface area contributed by atoms with Crippen molar-refractivity contribution in [2.75, 3.05) is 20.2 Å². The molecule has 0 spiro atoms. The number of likely N-dealkylation sites (tertiary alicyclic amines) is 1. The van der Waals surface area contributed by atoms with Gasteiger partial charge in [-0.25, -0.2) is 0 Å². The van der Waals surface area contributed by atoms with Gasteiger partial charge < -0.3 is 14.6 Å². The van der Waals surface area contributed by atoms with Crippen LogP contribution in [0, 0.1) is 5.92 Å². The fourth-order valence-electron chi connectivity index (χ4n) is 5.25. The molecule has 0 amide bonds. The van der Waals surface area contributed by atoms with Crippen molar-refractivity contribution in [2.45, 2.75) is 25.5 Å². The molecule has 5 rings (SSSR count). The van der Waals surface area contributed by atoms with Crippen molar-refractivity contribution in [3.05, 3.63) is 120 Å². The van der Waals surface area contributed by atoms with E-state index in [1.54, 1.807) is 7.11 Å². The van der Waals surface area contributed by atoms with Gasteiger partial charge in [0.1, 0.15) is 6.61 Å². The zero-order chi connectivity index (χ0) is 26.3. The Morgan fingerprint density at radius 3 is 2.21 bits per heavy atom. The molecule has 0 bridgehead atoms. The number of nitrogens with zero attached hydrogens (tertiary/aromatic N) is 1. The molecule has 2 unspecified atom stereocenters. The number of rotatable bonds is 9. The Bertz CT molecular complexity index is 1340. The molecule has 4 aromatic carbocycles. The molecular weight excluding hydrogens is 474 g/mol. The van der Waals surface area contributed by atoms with Gasteiger partial charge in [-0.15, -0.1) is 0 Å². The van der Waals surface area contributed by atoms with Gasteiger partial charge in [-0.2, -0.15) is 0 Å². The Kier molecular flexibility index (Phi) is 8.05. The van der Waals surface area contributed by atoms with Crippen LogP contribution < -0.4 is 9.47 Å². The van der Waals surface area contributed by atoms with E-state index >= 15 is 0 Å². The van der Waals surface area contributed by atoms with E-state index in [9.17, 15) is 9.90 Å². The third-order valence-electron chi connectivity index (χ3n) is 7.24. The van der Waals surface area contributed by atoms with Gasteiger partial charge in [0.2, 0.25) is 0 Å². The molecule has 38 heavy (non-hydrogen) atoms. The first-order chi connectivity index (χ1) is 18.6. The highest BCUT2D eigenvalue weighted by Gasteiger charge is 2.31. The molecular formula is C33H33NO4. The van der Waals surface area contributed by atoms with Gasteiger partial charge >= 0.3 is 5.97 Å². The summed E-state index contributed by atoms with van der Waals surface area (Å²) in [7, 11) is 1.65. The van der Waals surface area contributed by atoms with Crippen LogP contribution in [0.5, 0.6) is 11.5 Å². The molecule has 1 aliphatic rings. The summed E-state index contributed by atoms with van der Waals surface area (Å²) in [5.74, 6) is 0.247. The third kappa shape index (κ3) is 5.90. The first-order valence-corrected chi connectivity index (χ1v) is 13.1. The van der Waals surface area contributed by atoms with Crippen LogP contribution in [0.4, 0.5) is 0 Å². The molecule has 0 aromatic heterocycles. The van der Waals surface area contributed by atoms with Crippen LogP contribution in [-0.2, 0) is 11.4 Å². The minimum Gasteiger partial charge on any atom is -0.493 e. The lowest BCUT2D eigenvalue weighted by molar-refractivity contribution is -0.143. The summed E-state index contributed by atoms with van der Waals surface area (Å²) in [4.78, 5) is 14.2. The van der Waals surface area contributed by atoms with Gasteiger partial charge in [-0.1, -0.05) is 91.0 Å². The quantitative estimate of drug-likeness (QED) is 0.269. The summed E-state index contributed by atoms with van der Waals surface area (Å²) in [6.07, 6.45) is 1.56. The number of hydrogen-bond acceptors (Lipinski definition) is 4. The van der Waals surface area contributed by atoms with Gasteiger partial charge in [0.15, 0.2) is 11.5 Å². The Hall–Kier alpha value is -4.09. The van der Waals surface area contributed by atoms with Crippen LogP contribution in [0.25, 0.3) is 11.1 Å². The smallest absolute Gasteiger partial charge is 0.307 e. The van der Waals surface area contributed by atoms with E-state index in [1.807, 2.05) is 60.7 Å². The average molecular weight is 508 g/mol. The van der Waals surface area contributed by atoms with E-state index in [0.717, 1.165) is 35.2 Å². The van der Waals surface area contributed by atoms with Gasteiger partial charge in [-0.05, 0) is 59.3 Å². The molecule has 194 valence electrons. The van der Waals surface area contributed by atoms with Crippen LogP contribution in [0.3, 0.4) is 0 Å². The number of carbonyl (C=O) groups is 1.